The van der Waals surface area contributed by atoms with Crippen molar-refractivity contribution in [1.29, 1.82) is 0 Å². The first-order valence-electron chi connectivity index (χ1n) is 8.31. The van der Waals surface area contributed by atoms with Gasteiger partial charge >= 0.3 is 0 Å². The lowest BCUT2D eigenvalue weighted by atomic mass is 10.1. The van der Waals surface area contributed by atoms with Gasteiger partial charge in [-0.2, -0.15) is 0 Å². The highest BCUT2D eigenvalue weighted by molar-refractivity contribution is 6.05. The first kappa shape index (κ1) is 16.4. The van der Waals surface area contributed by atoms with Crippen molar-refractivity contribution in [3.63, 3.8) is 0 Å². The van der Waals surface area contributed by atoms with Gasteiger partial charge in [-0.15, -0.1) is 0 Å². The lowest BCUT2D eigenvalue weighted by Crippen LogP contribution is -2.51. The highest BCUT2D eigenvalue weighted by atomic mass is 16.2. The third kappa shape index (κ3) is 3.54. The van der Waals surface area contributed by atoms with Gasteiger partial charge in [0.25, 0.3) is 5.91 Å². The van der Waals surface area contributed by atoms with E-state index in [2.05, 4.69) is 15.2 Å². The average Bonchev–Trinajstić information content (AvgIpc) is 2.61. The maximum atomic E-state index is 12.8. The molecule has 1 fully saturated rings. The van der Waals surface area contributed by atoms with Crippen LogP contribution in [0.25, 0.3) is 10.9 Å². The molecule has 6 heteroatoms. The molecule has 126 valence electrons. The van der Waals surface area contributed by atoms with Crippen LogP contribution in [0.4, 0.5) is 0 Å². The number of rotatable bonds is 4. The van der Waals surface area contributed by atoms with Crippen molar-refractivity contribution in [1.82, 2.24) is 20.1 Å². The topological polar surface area (TPSA) is 65.5 Å². The standard InChI is InChI=1S/C18H22N4O2/c1-2-19-16(23)13-21-9-11-22(12-10-21)18(24)15-7-3-5-14-6-4-8-20-17(14)15/h3-8H,2,9-13H2,1H3,(H,19,23). The van der Waals surface area contributed by atoms with Gasteiger partial charge in [-0.1, -0.05) is 18.2 Å². The van der Waals surface area contributed by atoms with E-state index in [0.29, 0.717) is 44.8 Å². The summed E-state index contributed by atoms with van der Waals surface area (Å²) in [5.41, 5.74) is 1.39. The number of aromatic nitrogens is 1. The van der Waals surface area contributed by atoms with Gasteiger partial charge in [0.1, 0.15) is 0 Å². The van der Waals surface area contributed by atoms with Crippen LogP contribution in [0.5, 0.6) is 0 Å². The highest BCUT2D eigenvalue weighted by Crippen LogP contribution is 2.18. The molecular weight excluding hydrogens is 304 g/mol. The Bertz CT molecular complexity index is 733. The van der Waals surface area contributed by atoms with Crippen LogP contribution in [0.2, 0.25) is 0 Å². The SMILES string of the molecule is CCNC(=O)CN1CCN(C(=O)c2cccc3cccnc23)CC1. The number of hydrogen-bond acceptors (Lipinski definition) is 4. The summed E-state index contributed by atoms with van der Waals surface area (Å²) in [4.78, 5) is 32.8. The number of carbonyl (C=O) groups excluding carboxylic acids is 2. The maximum absolute atomic E-state index is 12.8. The van der Waals surface area contributed by atoms with Gasteiger partial charge in [-0.05, 0) is 19.1 Å². The molecule has 6 nitrogen and oxygen atoms in total. The zero-order chi connectivity index (χ0) is 16.9. The number of likely N-dealkylation sites (N-methyl/N-ethyl adjacent to an activating group) is 1. The second kappa shape index (κ2) is 7.40. The van der Waals surface area contributed by atoms with E-state index in [4.69, 9.17) is 0 Å². The third-order valence-electron chi connectivity index (χ3n) is 4.26. The van der Waals surface area contributed by atoms with Gasteiger partial charge in [0.05, 0.1) is 17.6 Å². The fraction of sp³-hybridized carbons (Fsp3) is 0.389. The van der Waals surface area contributed by atoms with Crippen LogP contribution in [0.1, 0.15) is 17.3 Å². The molecule has 2 heterocycles. The van der Waals surface area contributed by atoms with Crippen LogP contribution in [-0.4, -0.2) is 65.9 Å². The molecule has 1 aromatic carbocycles. The number of nitrogens with one attached hydrogen (secondary N) is 1. The van der Waals surface area contributed by atoms with Crippen molar-refractivity contribution in [3.8, 4) is 0 Å². The number of benzene rings is 1. The van der Waals surface area contributed by atoms with Crippen LogP contribution in [0, 0.1) is 0 Å². The molecule has 1 aliphatic rings. The zero-order valence-electron chi connectivity index (χ0n) is 13.9. The number of fused-ring (bicyclic) bond motifs is 1. The Balaban J connectivity index is 1.66. The van der Waals surface area contributed by atoms with E-state index in [9.17, 15) is 9.59 Å². The monoisotopic (exact) mass is 326 g/mol. The Morgan fingerprint density at radius 2 is 1.88 bits per heavy atom. The molecule has 24 heavy (non-hydrogen) atoms. The normalized spacial score (nSPS) is 15.5. The highest BCUT2D eigenvalue weighted by Gasteiger charge is 2.24. The summed E-state index contributed by atoms with van der Waals surface area (Å²) in [6, 6.07) is 9.52. The predicted molar refractivity (Wildman–Crippen MR) is 92.8 cm³/mol. The fourth-order valence-electron chi connectivity index (χ4n) is 3.01. The van der Waals surface area contributed by atoms with Crippen LogP contribution in [-0.2, 0) is 4.79 Å². The molecular formula is C18H22N4O2. The van der Waals surface area contributed by atoms with Crippen molar-refractivity contribution in [2.75, 3.05) is 39.3 Å². The molecule has 0 atom stereocenters. The van der Waals surface area contributed by atoms with Gasteiger partial charge < -0.3 is 10.2 Å². The molecule has 0 radical (unpaired) electrons. The summed E-state index contributed by atoms with van der Waals surface area (Å²) in [5, 5.41) is 3.77. The summed E-state index contributed by atoms with van der Waals surface area (Å²) in [5.74, 6) is 0.0486. The van der Waals surface area contributed by atoms with Gasteiger partial charge in [0.2, 0.25) is 5.91 Å². The minimum Gasteiger partial charge on any atom is -0.355 e. The van der Waals surface area contributed by atoms with Crippen LogP contribution in [0.15, 0.2) is 36.5 Å². The van der Waals surface area contributed by atoms with E-state index < -0.39 is 0 Å². The van der Waals surface area contributed by atoms with E-state index in [-0.39, 0.29) is 11.8 Å². The number of nitrogens with zero attached hydrogens (tertiary/aromatic N) is 3. The quantitative estimate of drug-likeness (QED) is 0.915. The van der Waals surface area contributed by atoms with Gasteiger partial charge in [0.15, 0.2) is 0 Å². The van der Waals surface area contributed by atoms with Crippen LogP contribution in [0.3, 0.4) is 0 Å². The first-order chi connectivity index (χ1) is 11.7. The summed E-state index contributed by atoms with van der Waals surface area (Å²) >= 11 is 0. The molecule has 1 aromatic heterocycles. The van der Waals surface area contributed by atoms with Crippen molar-refractivity contribution in [2.24, 2.45) is 0 Å². The molecule has 0 spiro atoms. The predicted octanol–water partition coefficient (Wildman–Crippen LogP) is 1.13. The van der Waals surface area contributed by atoms with Crippen molar-refractivity contribution < 1.29 is 9.59 Å². The van der Waals surface area contributed by atoms with Gasteiger partial charge in [-0.25, -0.2) is 0 Å². The summed E-state index contributed by atoms with van der Waals surface area (Å²) in [6.45, 7) is 5.62. The number of hydrogen-bond donors (Lipinski definition) is 1. The largest absolute Gasteiger partial charge is 0.355 e. The van der Waals surface area contributed by atoms with Gasteiger partial charge in [0, 0.05) is 44.3 Å². The Labute approximate surface area is 141 Å². The van der Waals surface area contributed by atoms with E-state index >= 15 is 0 Å². The third-order valence-corrected chi connectivity index (χ3v) is 4.26. The molecule has 1 saturated heterocycles. The number of carbonyl (C=O) groups is 2. The smallest absolute Gasteiger partial charge is 0.256 e. The summed E-state index contributed by atoms with van der Waals surface area (Å²) in [7, 11) is 0. The molecule has 3 rings (SSSR count). The Morgan fingerprint density at radius 1 is 1.12 bits per heavy atom. The molecule has 1 aliphatic heterocycles. The van der Waals surface area contributed by atoms with E-state index in [1.807, 2.05) is 42.2 Å². The van der Waals surface area contributed by atoms with E-state index in [0.717, 1.165) is 10.9 Å². The van der Waals surface area contributed by atoms with Gasteiger partial charge in [-0.3, -0.25) is 19.5 Å². The molecule has 0 bridgehead atoms. The molecule has 2 amide bonds. The Morgan fingerprint density at radius 3 is 2.62 bits per heavy atom. The molecule has 0 aliphatic carbocycles. The fourth-order valence-corrected chi connectivity index (χ4v) is 3.01. The van der Waals surface area contributed by atoms with Crippen LogP contribution >= 0.6 is 0 Å². The minimum absolute atomic E-state index is 0.0111. The van der Waals surface area contributed by atoms with Crippen LogP contribution < -0.4 is 5.32 Å². The Hall–Kier alpha value is -2.47. The zero-order valence-corrected chi connectivity index (χ0v) is 13.9. The molecule has 0 saturated carbocycles. The summed E-state index contributed by atoms with van der Waals surface area (Å²) in [6.07, 6.45) is 1.71. The minimum atomic E-state index is 0.0111. The van der Waals surface area contributed by atoms with Crippen molar-refractivity contribution in [3.05, 3.63) is 42.1 Å². The number of pyridine rings is 1. The Kier molecular flexibility index (Phi) is 5.05. The van der Waals surface area contributed by atoms with E-state index in [1.54, 1.807) is 6.20 Å². The first-order valence-corrected chi connectivity index (χ1v) is 8.31. The second-order valence-electron chi connectivity index (χ2n) is 5.90. The number of piperazine rings is 1. The van der Waals surface area contributed by atoms with E-state index in [1.165, 1.54) is 0 Å². The molecule has 2 aromatic rings. The second-order valence-corrected chi connectivity index (χ2v) is 5.90. The number of amides is 2. The molecule has 0 unspecified atom stereocenters. The summed E-state index contributed by atoms with van der Waals surface area (Å²) < 4.78 is 0. The van der Waals surface area contributed by atoms with Crippen molar-refractivity contribution >= 4 is 22.7 Å². The molecule has 1 N–H and O–H groups in total. The lowest BCUT2D eigenvalue weighted by molar-refractivity contribution is -0.122. The van der Waals surface area contributed by atoms with Crippen molar-refractivity contribution in [2.45, 2.75) is 6.92 Å². The average molecular weight is 326 g/mol. The lowest BCUT2D eigenvalue weighted by Gasteiger charge is -2.34. The maximum Gasteiger partial charge on any atom is 0.256 e. The number of para-hydroxylation sites is 1.